The topological polar surface area (TPSA) is 12.0 Å². The molecule has 0 saturated heterocycles. The number of hydrogen-bond donors (Lipinski definition) is 1. The molecule has 0 heterocycles. The van der Waals surface area contributed by atoms with E-state index in [-0.39, 0.29) is 0 Å². The van der Waals surface area contributed by atoms with Crippen molar-refractivity contribution in [2.24, 2.45) is 5.41 Å². The average Bonchev–Trinajstić information content (AvgIpc) is 2.40. The molecule has 0 spiro atoms. The first-order valence-electron chi connectivity index (χ1n) is 7.06. The van der Waals surface area contributed by atoms with Crippen molar-refractivity contribution in [2.75, 3.05) is 12.8 Å². The van der Waals surface area contributed by atoms with E-state index in [0.29, 0.717) is 5.41 Å². The van der Waals surface area contributed by atoms with Crippen molar-refractivity contribution in [3.63, 3.8) is 0 Å². The van der Waals surface area contributed by atoms with Gasteiger partial charge in [0.05, 0.1) is 0 Å². The lowest BCUT2D eigenvalue weighted by Gasteiger charge is -2.33. The summed E-state index contributed by atoms with van der Waals surface area (Å²) in [5, 5.41) is 3.64. The molecule has 1 saturated carbocycles. The van der Waals surface area contributed by atoms with E-state index in [1.54, 1.807) is 11.8 Å². The second kappa shape index (κ2) is 6.63. The molecule has 1 aromatic rings. The third-order valence-corrected chi connectivity index (χ3v) is 4.84. The summed E-state index contributed by atoms with van der Waals surface area (Å²) in [6, 6.07) is 8.90. The van der Waals surface area contributed by atoms with Crippen LogP contribution in [-0.4, -0.2) is 12.8 Å². The zero-order valence-corrected chi connectivity index (χ0v) is 12.5. The molecule has 1 N–H and O–H groups in total. The van der Waals surface area contributed by atoms with Crippen LogP contribution in [0.1, 0.15) is 44.6 Å². The van der Waals surface area contributed by atoms with Crippen molar-refractivity contribution in [3.8, 4) is 0 Å². The lowest BCUT2D eigenvalue weighted by Crippen LogP contribution is -2.33. The van der Waals surface area contributed by atoms with Gasteiger partial charge in [0.25, 0.3) is 0 Å². The molecule has 0 radical (unpaired) electrons. The fourth-order valence-electron chi connectivity index (χ4n) is 2.83. The van der Waals surface area contributed by atoms with Crippen molar-refractivity contribution in [1.29, 1.82) is 0 Å². The maximum Gasteiger partial charge on any atom is 0.0205 e. The highest BCUT2D eigenvalue weighted by Crippen LogP contribution is 2.34. The third kappa shape index (κ3) is 4.03. The van der Waals surface area contributed by atoms with Gasteiger partial charge in [0.2, 0.25) is 0 Å². The maximum atomic E-state index is 3.64. The number of rotatable bonds is 5. The Morgan fingerprint density at radius 2 is 1.78 bits per heavy atom. The van der Waals surface area contributed by atoms with Crippen LogP contribution in [0.3, 0.4) is 0 Å². The Morgan fingerprint density at radius 1 is 1.11 bits per heavy atom. The van der Waals surface area contributed by atoms with Gasteiger partial charge in [0.1, 0.15) is 0 Å². The molecular weight excluding hydrogens is 238 g/mol. The second-order valence-corrected chi connectivity index (χ2v) is 6.70. The van der Waals surface area contributed by atoms with Crippen LogP contribution in [0.2, 0.25) is 0 Å². The third-order valence-electron chi connectivity index (χ3n) is 4.10. The summed E-state index contributed by atoms with van der Waals surface area (Å²) in [5.41, 5.74) is 1.93. The standard InChI is InChI=1S/C16H25NS/c1-16(10-4-3-5-11-16)13-17-12-14-6-8-15(18-2)9-7-14/h6-9,17H,3-5,10-13H2,1-2H3. The molecule has 1 aliphatic rings. The molecule has 0 aliphatic heterocycles. The quantitative estimate of drug-likeness (QED) is 0.787. The summed E-state index contributed by atoms with van der Waals surface area (Å²) in [4.78, 5) is 1.35. The molecule has 1 aliphatic carbocycles. The normalized spacial score (nSPS) is 18.8. The zero-order valence-electron chi connectivity index (χ0n) is 11.7. The minimum absolute atomic E-state index is 0.539. The van der Waals surface area contributed by atoms with E-state index in [1.807, 2.05) is 0 Å². The van der Waals surface area contributed by atoms with Crippen LogP contribution >= 0.6 is 11.8 Å². The van der Waals surface area contributed by atoms with E-state index >= 15 is 0 Å². The molecular formula is C16H25NS. The van der Waals surface area contributed by atoms with Gasteiger partial charge in [-0.05, 0) is 42.2 Å². The molecule has 1 fully saturated rings. The number of benzene rings is 1. The van der Waals surface area contributed by atoms with Crippen molar-refractivity contribution >= 4 is 11.8 Å². The van der Waals surface area contributed by atoms with E-state index in [0.717, 1.165) is 13.1 Å². The predicted octanol–water partition coefficient (Wildman–Crippen LogP) is 4.47. The van der Waals surface area contributed by atoms with Crippen LogP contribution < -0.4 is 5.32 Å². The Kier molecular flexibility index (Phi) is 5.13. The average molecular weight is 263 g/mol. The maximum absolute atomic E-state index is 3.64. The van der Waals surface area contributed by atoms with Gasteiger partial charge >= 0.3 is 0 Å². The summed E-state index contributed by atoms with van der Waals surface area (Å²) in [6.45, 7) is 4.61. The van der Waals surface area contributed by atoms with E-state index in [1.165, 1.54) is 42.6 Å². The summed E-state index contributed by atoms with van der Waals surface area (Å²) in [5.74, 6) is 0. The lowest BCUT2D eigenvalue weighted by molar-refractivity contribution is 0.207. The molecule has 1 nitrogen and oxygen atoms in total. The molecule has 18 heavy (non-hydrogen) atoms. The molecule has 100 valence electrons. The van der Waals surface area contributed by atoms with Gasteiger partial charge in [-0.3, -0.25) is 0 Å². The van der Waals surface area contributed by atoms with Gasteiger partial charge in [-0.15, -0.1) is 11.8 Å². The monoisotopic (exact) mass is 263 g/mol. The van der Waals surface area contributed by atoms with E-state index in [4.69, 9.17) is 0 Å². The van der Waals surface area contributed by atoms with Gasteiger partial charge in [-0.25, -0.2) is 0 Å². The highest BCUT2D eigenvalue weighted by atomic mass is 32.2. The molecule has 1 aromatic carbocycles. The Hall–Kier alpha value is -0.470. The van der Waals surface area contributed by atoms with E-state index < -0.39 is 0 Å². The first kappa shape index (κ1) is 14.0. The molecule has 2 heteroatoms. The number of hydrogen-bond acceptors (Lipinski definition) is 2. The smallest absolute Gasteiger partial charge is 0.0205 e. The van der Waals surface area contributed by atoms with E-state index in [9.17, 15) is 0 Å². The van der Waals surface area contributed by atoms with Crippen LogP contribution in [-0.2, 0) is 6.54 Å². The molecule has 0 unspecified atom stereocenters. The lowest BCUT2D eigenvalue weighted by atomic mass is 9.76. The SMILES string of the molecule is CSc1ccc(CNCC2(C)CCCCC2)cc1. The Labute approximate surface area is 116 Å². The van der Waals surface area contributed by atoms with Gasteiger partial charge in [-0.2, -0.15) is 0 Å². The molecule has 0 aromatic heterocycles. The van der Waals surface area contributed by atoms with Gasteiger partial charge < -0.3 is 5.32 Å². The van der Waals surface area contributed by atoms with Crippen LogP contribution in [0.5, 0.6) is 0 Å². The minimum atomic E-state index is 0.539. The predicted molar refractivity (Wildman–Crippen MR) is 81.1 cm³/mol. The van der Waals surface area contributed by atoms with Crippen LogP contribution in [0.15, 0.2) is 29.2 Å². The summed E-state index contributed by atoms with van der Waals surface area (Å²) < 4.78 is 0. The minimum Gasteiger partial charge on any atom is -0.312 e. The number of nitrogens with one attached hydrogen (secondary N) is 1. The Bertz CT molecular complexity index is 352. The Morgan fingerprint density at radius 3 is 2.39 bits per heavy atom. The Balaban J connectivity index is 1.77. The van der Waals surface area contributed by atoms with Crippen LogP contribution in [0, 0.1) is 5.41 Å². The highest BCUT2D eigenvalue weighted by molar-refractivity contribution is 7.98. The summed E-state index contributed by atoms with van der Waals surface area (Å²) in [7, 11) is 0. The highest BCUT2D eigenvalue weighted by Gasteiger charge is 2.25. The fraction of sp³-hybridized carbons (Fsp3) is 0.625. The first-order chi connectivity index (χ1) is 8.72. The molecule has 2 rings (SSSR count). The zero-order chi connectivity index (χ0) is 12.8. The van der Waals surface area contributed by atoms with Gasteiger partial charge in [-0.1, -0.05) is 38.3 Å². The van der Waals surface area contributed by atoms with Gasteiger partial charge in [0.15, 0.2) is 0 Å². The van der Waals surface area contributed by atoms with Crippen LogP contribution in [0.4, 0.5) is 0 Å². The van der Waals surface area contributed by atoms with Gasteiger partial charge in [0, 0.05) is 18.0 Å². The largest absolute Gasteiger partial charge is 0.312 e. The molecule has 0 atom stereocenters. The van der Waals surface area contributed by atoms with Crippen molar-refractivity contribution in [3.05, 3.63) is 29.8 Å². The van der Waals surface area contributed by atoms with Crippen molar-refractivity contribution < 1.29 is 0 Å². The molecule has 0 amide bonds. The fourth-order valence-corrected chi connectivity index (χ4v) is 3.24. The second-order valence-electron chi connectivity index (χ2n) is 5.82. The molecule has 0 bridgehead atoms. The summed E-state index contributed by atoms with van der Waals surface area (Å²) >= 11 is 1.80. The van der Waals surface area contributed by atoms with Crippen LogP contribution in [0.25, 0.3) is 0 Å². The first-order valence-corrected chi connectivity index (χ1v) is 8.28. The van der Waals surface area contributed by atoms with Crippen molar-refractivity contribution in [2.45, 2.75) is 50.5 Å². The van der Waals surface area contributed by atoms with Crippen molar-refractivity contribution in [1.82, 2.24) is 5.32 Å². The van der Waals surface area contributed by atoms with E-state index in [2.05, 4.69) is 42.8 Å². The summed E-state index contributed by atoms with van der Waals surface area (Å²) in [6.07, 6.45) is 9.18. The number of thioether (sulfide) groups is 1.